The molecule has 1 aromatic heterocycles. The van der Waals surface area contributed by atoms with Crippen molar-refractivity contribution in [3.8, 4) is 0 Å². The molecule has 4 N–H and O–H groups in total. The zero-order valence-electron chi connectivity index (χ0n) is 25.8. The van der Waals surface area contributed by atoms with Crippen LogP contribution in [0.15, 0.2) is 36.4 Å². The van der Waals surface area contributed by atoms with E-state index >= 15 is 0 Å². The van der Waals surface area contributed by atoms with Crippen molar-refractivity contribution in [2.45, 2.75) is 51.8 Å². The van der Waals surface area contributed by atoms with Gasteiger partial charge < -0.3 is 15.4 Å². The highest BCUT2D eigenvalue weighted by molar-refractivity contribution is 5.92. The van der Waals surface area contributed by atoms with Crippen molar-refractivity contribution in [2.75, 3.05) is 51.3 Å². The van der Waals surface area contributed by atoms with Gasteiger partial charge in [0, 0.05) is 51.7 Å². The van der Waals surface area contributed by atoms with E-state index in [-0.39, 0.29) is 12.5 Å². The number of cyclic esters (lactones) is 1. The molecular formula is C31H42N8O5. The summed E-state index contributed by atoms with van der Waals surface area (Å²) in [6.07, 6.45) is 3.59. The van der Waals surface area contributed by atoms with Crippen LogP contribution in [-0.4, -0.2) is 103 Å². The van der Waals surface area contributed by atoms with Crippen molar-refractivity contribution >= 4 is 46.5 Å². The van der Waals surface area contributed by atoms with Crippen LogP contribution < -0.4 is 26.5 Å². The van der Waals surface area contributed by atoms with Crippen LogP contribution in [0.2, 0.25) is 0 Å². The fraction of sp³-hybridized carbons (Fsp3) is 0.516. The van der Waals surface area contributed by atoms with Crippen molar-refractivity contribution in [3.63, 3.8) is 0 Å². The largest absolute Gasteiger partial charge is 0.450 e. The molecule has 4 heterocycles. The minimum absolute atomic E-state index is 0.205. The zero-order chi connectivity index (χ0) is 31.4. The number of carbonyl (C=O) groups is 4. The third-order valence-corrected chi connectivity index (χ3v) is 8.21. The first-order valence-electron chi connectivity index (χ1n) is 15.2. The Morgan fingerprint density at radius 1 is 1.02 bits per heavy atom. The highest BCUT2D eigenvalue weighted by atomic mass is 16.5. The molecule has 5 bridgehead atoms. The van der Waals surface area contributed by atoms with Crippen LogP contribution in [0.4, 0.5) is 5.82 Å². The third-order valence-electron chi connectivity index (χ3n) is 8.21. The second-order valence-corrected chi connectivity index (χ2v) is 12.2. The average Bonchev–Trinajstić information content (AvgIpc) is 3.02. The monoisotopic (exact) mass is 606 g/mol. The third kappa shape index (κ3) is 7.34. The molecule has 0 unspecified atom stereocenters. The molecule has 3 aliphatic rings. The zero-order valence-corrected chi connectivity index (χ0v) is 25.8. The summed E-state index contributed by atoms with van der Waals surface area (Å²) in [5.74, 6) is -1.26. The van der Waals surface area contributed by atoms with Gasteiger partial charge in [-0.2, -0.15) is 0 Å². The van der Waals surface area contributed by atoms with E-state index in [9.17, 15) is 19.2 Å². The number of carbonyl (C=O) groups excluding carboxylic acids is 4. The number of anilines is 1. The van der Waals surface area contributed by atoms with Crippen molar-refractivity contribution in [1.29, 1.82) is 0 Å². The van der Waals surface area contributed by atoms with E-state index in [1.165, 1.54) is 5.01 Å². The number of aromatic nitrogens is 1. The van der Waals surface area contributed by atoms with Crippen LogP contribution in [0, 0.1) is 5.41 Å². The Morgan fingerprint density at radius 3 is 2.55 bits per heavy atom. The summed E-state index contributed by atoms with van der Waals surface area (Å²) in [5, 5.41) is 9.88. The van der Waals surface area contributed by atoms with Gasteiger partial charge in [0.05, 0.1) is 10.9 Å². The normalized spacial score (nSPS) is 26.6. The summed E-state index contributed by atoms with van der Waals surface area (Å²) < 4.78 is 5.87. The van der Waals surface area contributed by atoms with Gasteiger partial charge in [-0.3, -0.25) is 39.5 Å². The number of piperazine rings is 1. The van der Waals surface area contributed by atoms with E-state index in [0.29, 0.717) is 43.8 Å². The molecule has 2 saturated heterocycles. The molecule has 3 aliphatic heterocycles. The number of amides is 3. The molecule has 0 radical (unpaired) electrons. The second kappa shape index (κ2) is 13.3. The standard InChI is InChI=1S/C31H42N8O5/c1-20-29(42)39-15-5-6-23(35-39)27(40)36-37(4)26-10-9-22-8-7-21(18-24(22)34-26)11-12-31(2,3)30(43)44-25(28(41)33-20)19-38-16-13-32-14-17-38/h7-12,18,20,23,25,32,35H,5-6,13-17,19H2,1-4H3,(H,33,41)(H,36,40)/b12-11+/t20-,23-,25-/m0/s1. The van der Waals surface area contributed by atoms with Crippen LogP contribution in [0.1, 0.15) is 39.2 Å². The van der Waals surface area contributed by atoms with E-state index in [2.05, 4.69) is 26.4 Å². The molecular weight excluding hydrogens is 564 g/mol. The van der Waals surface area contributed by atoms with Gasteiger partial charge in [0.25, 0.3) is 17.7 Å². The SMILES string of the molecule is C[C@@H]1NC(=O)[C@H](CN2CCNCC2)OC(=O)C(C)(C)/C=C/c2ccc3ccc(nc3c2)N(C)NC(=O)[C@@H]2CCCN(N2)C1=O. The molecule has 0 aliphatic carbocycles. The molecule has 13 nitrogen and oxygen atoms in total. The molecule has 0 saturated carbocycles. The number of benzene rings is 1. The minimum Gasteiger partial charge on any atom is -0.450 e. The molecule has 44 heavy (non-hydrogen) atoms. The predicted molar refractivity (Wildman–Crippen MR) is 166 cm³/mol. The maximum atomic E-state index is 13.5. The number of pyridine rings is 1. The Bertz CT molecular complexity index is 1440. The highest BCUT2D eigenvalue weighted by Crippen LogP contribution is 2.24. The number of fused-ring (bicyclic) bond motifs is 4. The van der Waals surface area contributed by atoms with Crippen LogP contribution >= 0.6 is 0 Å². The lowest BCUT2D eigenvalue weighted by atomic mass is 9.92. The summed E-state index contributed by atoms with van der Waals surface area (Å²) in [7, 11) is 1.71. The topological polar surface area (TPSA) is 148 Å². The summed E-state index contributed by atoms with van der Waals surface area (Å²) in [5.41, 5.74) is 6.37. The Hall–Kier alpha value is -4.07. The molecule has 2 fully saturated rings. The maximum absolute atomic E-state index is 13.5. The number of nitrogens with one attached hydrogen (secondary N) is 4. The van der Waals surface area contributed by atoms with Gasteiger partial charge in [0.15, 0.2) is 6.10 Å². The van der Waals surface area contributed by atoms with Gasteiger partial charge in [-0.25, -0.2) is 10.4 Å². The quantitative estimate of drug-likeness (QED) is 0.358. The lowest BCUT2D eigenvalue weighted by Crippen LogP contribution is -2.62. The van der Waals surface area contributed by atoms with E-state index in [1.807, 2.05) is 36.4 Å². The number of esters is 1. The number of hydrogen-bond donors (Lipinski definition) is 4. The van der Waals surface area contributed by atoms with Gasteiger partial charge in [0.2, 0.25) is 0 Å². The smallest absolute Gasteiger partial charge is 0.316 e. The van der Waals surface area contributed by atoms with E-state index in [4.69, 9.17) is 9.72 Å². The number of hydrogen-bond acceptors (Lipinski definition) is 10. The second-order valence-electron chi connectivity index (χ2n) is 12.2. The summed E-state index contributed by atoms with van der Waals surface area (Å²) in [6.45, 7) is 8.57. The van der Waals surface area contributed by atoms with Gasteiger partial charge >= 0.3 is 5.97 Å². The molecule has 1 aromatic carbocycles. The predicted octanol–water partition coefficient (Wildman–Crippen LogP) is 0.573. The molecule has 13 heteroatoms. The van der Waals surface area contributed by atoms with Gasteiger partial charge in [-0.15, -0.1) is 0 Å². The van der Waals surface area contributed by atoms with Crippen LogP contribution in [-0.2, 0) is 23.9 Å². The Morgan fingerprint density at radius 2 is 1.77 bits per heavy atom. The van der Waals surface area contributed by atoms with Crippen molar-refractivity contribution in [3.05, 3.63) is 42.0 Å². The number of rotatable bonds is 2. The van der Waals surface area contributed by atoms with Crippen molar-refractivity contribution < 1.29 is 23.9 Å². The van der Waals surface area contributed by atoms with Gasteiger partial charge in [-0.1, -0.05) is 24.3 Å². The van der Waals surface area contributed by atoms with E-state index in [1.54, 1.807) is 38.9 Å². The van der Waals surface area contributed by atoms with E-state index in [0.717, 1.165) is 24.0 Å². The number of nitrogens with zero attached hydrogens (tertiary/aromatic N) is 4. The highest BCUT2D eigenvalue weighted by Gasteiger charge is 2.36. The van der Waals surface area contributed by atoms with Gasteiger partial charge in [-0.05, 0) is 57.4 Å². The molecule has 2 aromatic rings. The van der Waals surface area contributed by atoms with Crippen molar-refractivity contribution in [1.82, 2.24) is 36.4 Å². The molecule has 236 valence electrons. The fourth-order valence-electron chi connectivity index (χ4n) is 5.41. The van der Waals surface area contributed by atoms with Crippen LogP contribution in [0.25, 0.3) is 17.0 Å². The lowest BCUT2D eigenvalue weighted by Gasteiger charge is -2.36. The van der Waals surface area contributed by atoms with Gasteiger partial charge in [0.1, 0.15) is 17.9 Å². The first kappa shape index (κ1) is 31.4. The summed E-state index contributed by atoms with van der Waals surface area (Å²) >= 11 is 0. The maximum Gasteiger partial charge on any atom is 0.316 e. The van der Waals surface area contributed by atoms with E-state index < -0.39 is 41.4 Å². The van der Waals surface area contributed by atoms with Crippen LogP contribution in [0.3, 0.4) is 0 Å². The van der Waals surface area contributed by atoms with Crippen LogP contribution in [0.5, 0.6) is 0 Å². The Labute approximate surface area is 257 Å². The summed E-state index contributed by atoms with van der Waals surface area (Å²) in [4.78, 5) is 60.4. The first-order chi connectivity index (χ1) is 21.0. The average molecular weight is 607 g/mol. The number of hydrazine groups is 2. The molecule has 5 rings (SSSR count). The minimum atomic E-state index is -1.12. The molecule has 3 amide bonds. The summed E-state index contributed by atoms with van der Waals surface area (Å²) in [6, 6.07) is 7.94. The lowest BCUT2D eigenvalue weighted by molar-refractivity contribution is -0.163. The van der Waals surface area contributed by atoms with Crippen molar-refractivity contribution in [2.24, 2.45) is 5.41 Å². The molecule has 3 atom stereocenters. The first-order valence-corrected chi connectivity index (χ1v) is 15.2. The molecule has 0 spiro atoms. The fourth-order valence-corrected chi connectivity index (χ4v) is 5.41. The Kier molecular flexibility index (Phi) is 9.47. The number of ether oxygens (including phenoxy) is 1. The Balaban J connectivity index is 1.47.